The van der Waals surface area contributed by atoms with Gasteiger partial charge in [0, 0.05) is 17.9 Å². The Hall–Kier alpha value is -2.60. The first-order chi connectivity index (χ1) is 12.6. The van der Waals surface area contributed by atoms with Gasteiger partial charge in [0.1, 0.15) is 0 Å². The van der Waals surface area contributed by atoms with Crippen LogP contribution in [0.25, 0.3) is 0 Å². The van der Waals surface area contributed by atoms with E-state index in [1.807, 2.05) is 4.72 Å². The van der Waals surface area contributed by atoms with E-state index in [9.17, 15) is 23.3 Å². The van der Waals surface area contributed by atoms with E-state index < -0.39 is 31.9 Å². The highest BCUT2D eigenvalue weighted by molar-refractivity contribution is 7.99. The number of non-ortho nitro benzene ring substituents is 1. The Bertz CT molecular complexity index is 1000. The van der Waals surface area contributed by atoms with E-state index >= 15 is 0 Å². The van der Waals surface area contributed by atoms with Crippen LogP contribution in [0.3, 0.4) is 0 Å². The van der Waals surface area contributed by atoms with Gasteiger partial charge < -0.3 is 5.73 Å². The number of nitrogen functional groups attached to an aromatic ring is 1. The quantitative estimate of drug-likeness (QED) is 0.257. The van der Waals surface area contributed by atoms with Crippen LogP contribution in [-0.4, -0.2) is 29.1 Å². The SMILES string of the molecule is CC(C)CCSc1nc(N)c(NS(=O)(=O)c2cccc([N+](=O)[O-])c2)c(=O)[nH]1. The second kappa shape index (κ2) is 8.39. The highest BCUT2D eigenvalue weighted by Crippen LogP contribution is 2.23. The van der Waals surface area contributed by atoms with Gasteiger partial charge in [0.2, 0.25) is 0 Å². The molecule has 10 nitrogen and oxygen atoms in total. The molecule has 27 heavy (non-hydrogen) atoms. The van der Waals surface area contributed by atoms with E-state index in [0.29, 0.717) is 5.92 Å². The topological polar surface area (TPSA) is 161 Å². The van der Waals surface area contributed by atoms with Crippen molar-refractivity contribution in [2.24, 2.45) is 5.92 Å². The van der Waals surface area contributed by atoms with Crippen molar-refractivity contribution in [1.82, 2.24) is 9.97 Å². The monoisotopic (exact) mass is 413 g/mol. The van der Waals surface area contributed by atoms with Crippen molar-refractivity contribution in [3.63, 3.8) is 0 Å². The Balaban J connectivity index is 2.27. The van der Waals surface area contributed by atoms with E-state index in [2.05, 4.69) is 23.8 Å². The number of hydrogen-bond donors (Lipinski definition) is 3. The first-order valence-corrected chi connectivity index (χ1v) is 10.4. The summed E-state index contributed by atoms with van der Waals surface area (Å²) in [5.74, 6) is 0.932. The summed E-state index contributed by atoms with van der Waals surface area (Å²) in [6.07, 6.45) is 0.912. The molecule has 0 spiro atoms. The van der Waals surface area contributed by atoms with Gasteiger partial charge in [-0.3, -0.25) is 24.6 Å². The van der Waals surface area contributed by atoms with Crippen LogP contribution in [0.2, 0.25) is 0 Å². The molecule has 0 fully saturated rings. The van der Waals surface area contributed by atoms with Crippen LogP contribution in [0.15, 0.2) is 39.1 Å². The molecule has 0 amide bonds. The number of H-pyrrole nitrogens is 1. The van der Waals surface area contributed by atoms with Crippen molar-refractivity contribution >= 4 is 39.0 Å². The highest BCUT2D eigenvalue weighted by Gasteiger charge is 2.21. The number of benzene rings is 1. The summed E-state index contributed by atoms with van der Waals surface area (Å²) < 4.78 is 26.9. The fourth-order valence-electron chi connectivity index (χ4n) is 1.99. The standard InChI is InChI=1S/C15H19N5O5S2/c1-9(2)6-7-26-15-17-13(16)12(14(21)18-15)19-27(24,25)11-5-3-4-10(8-11)20(22)23/h3-5,8-9,19H,6-7H2,1-2H3,(H3,16,17,18,21). The van der Waals surface area contributed by atoms with Crippen LogP contribution < -0.4 is 16.0 Å². The van der Waals surface area contributed by atoms with E-state index in [4.69, 9.17) is 5.73 Å². The van der Waals surface area contributed by atoms with Crippen molar-refractivity contribution < 1.29 is 13.3 Å². The Morgan fingerprint density at radius 3 is 2.70 bits per heavy atom. The zero-order chi connectivity index (χ0) is 20.2. The molecule has 1 aromatic carbocycles. The minimum Gasteiger partial charge on any atom is -0.382 e. The molecule has 0 unspecified atom stereocenters. The zero-order valence-corrected chi connectivity index (χ0v) is 16.3. The maximum atomic E-state index is 12.4. The summed E-state index contributed by atoms with van der Waals surface area (Å²) >= 11 is 1.31. The number of nitrogens with one attached hydrogen (secondary N) is 2. The van der Waals surface area contributed by atoms with Crippen molar-refractivity contribution in [1.29, 1.82) is 0 Å². The number of aromatic amines is 1. The average Bonchev–Trinajstić information content (AvgIpc) is 2.58. The number of hydrogen-bond acceptors (Lipinski definition) is 8. The molecular weight excluding hydrogens is 394 g/mol. The predicted molar refractivity (Wildman–Crippen MR) is 103 cm³/mol. The average molecular weight is 413 g/mol. The van der Waals surface area contributed by atoms with Gasteiger partial charge >= 0.3 is 0 Å². The molecule has 2 aromatic rings. The molecule has 0 aliphatic rings. The summed E-state index contributed by atoms with van der Waals surface area (Å²) in [7, 11) is -4.26. The first kappa shape index (κ1) is 20.7. The molecule has 0 aliphatic heterocycles. The van der Waals surface area contributed by atoms with Crippen molar-refractivity contribution in [3.05, 3.63) is 44.7 Å². The largest absolute Gasteiger partial charge is 0.382 e. The van der Waals surface area contributed by atoms with Crippen LogP contribution >= 0.6 is 11.8 Å². The summed E-state index contributed by atoms with van der Waals surface area (Å²) in [6, 6.07) is 4.44. The predicted octanol–water partition coefficient (Wildman–Crippen LogP) is 2.20. The summed E-state index contributed by atoms with van der Waals surface area (Å²) in [4.78, 5) is 28.4. The van der Waals surface area contributed by atoms with Gasteiger partial charge in [-0.15, -0.1) is 0 Å². The lowest BCUT2D eigenvalue weighted by Crippen LogP contribution is -2.23. The molecule has 1 heterocycles. The summed E-state index contributed by atoms with van der Waals surface area (Å²) in [5.41, 5.74) is 4.16. The Morgan fingerprint density at radius 1 is 1.41 bits per heavy atom. The number of nitro groups is 1. The van der Waals surface area contributed by atoms with Crippen molar-refractivity contribution in [2.75, 3.05) is 16.2 Å². The van der Waals surface area contributed by atoms with E-state index in [1.54, 1.807) is 0 Å². The van der Waals surface area contributed by atoms with E-state index in [0.717, 1.165) is 24.3 Å². The van der Waals surface area contributed by atoms with E-state index in [-0.39, 0.29) is 15.9 Å². The van der Waals surface area contributed by atoms with Crippen molar-refractivity contribution in [2.45, 2.75) is 30.3 Å². The maximum absolute atomic E-state index is 12.4. The van der Waals surface area contributed by atoms with Crippen LogP contribution in [0.5, 0.6) is 0 Å². The Labute approximate surface area is 159 Å². The molecule has 0 radical (unpaired) electrons. The van der Waals surface area contributed by atoms with Crippen LogP contribution in [0.1, 0.15) is 20.3 Å². The fourth-order valence-corrected chi connectivity index (χ4v) is 4.21. The molecule has 146 valence electrons. The molecule has 1 aromatic heterocycles. The van der Waals surface area contributed by atoms with Crippen LogP contribution in [0.4, 0.5) is 17.2 Å². The first-order valence-electron chi connectivity index (χ1n) is 7.90. The minimum absolute atomic E-state index is 0.278. The lowest BCUT2D eigenvalue weighted by atomic mass is 10.2. The Morgan fingerprint density at radius 2 is 2.11 bits per heavy atom. The second-order valence-corrected chi connectivity index (χ2v) is 8.79. The zero-order valence-electron chi connectivity index (χ0n) is 14.6. The molecule has 0 bridgehead atoms. The van der Waals surface area contributed by atoms with Crippen LogP contribution in [0, 0.1) is 16.0 Å². The molecule has 0 aliphatic carbocycles. The smallest absolute Gasteiger partial charge is 0.278 e. The Kier molecular flexibility index (Phi) is 6.44. The number of sulfonamides is 1. The van der Waals surface area contributed by atoms with Gasteiger partial charge in [-0.25, -0.2) is 13.4 Å². The van der Waals surface area contributed by atoms with Gasteiger partial charge in [-0.05, 0) is 18.4 Å². The molecule has 0 saturated heterocycles. The lowest BCUT2D eigenvalue weighted by Gasteiger charge is -2.10. The third-order valence-electron chi connectivity index (χ3n) is 3.43. The van der Waals surface area contributed by atoms with Gasteiger partial charge in [-0.2, -0.15) is 0 Å². The summed E-state index contributed by atoms with van der Waals surface area (Å²) in [5, 5.41) is 11.1. The maximum Gasteiger partial charge on any atom is 0.278 e. The number of nitrogens with two attached hydrogens (primary N) is 1. The second-order valence-electron chi connectivity index (χ2n) is 6.02. The minimum atomic E-state index is -4.26. The van der Waals surface area contributed by atoms with E-state index in [1.165, 1.54) is 23.9 Å². The number of aromatic nitrogens is 2. The summed E-state index contributed by atoms with van der Waals surface area (Å²) in [6.45, 7) is 4.13. The molecule has 4 N–H and O–H groups in total. The number of thioether (sulfide) groups is 1. The molecule has 12 heteroatoms. The number of nitro benzene ring substituents is 1. The third-order valence-corrected chi connectivity index (χ3v) is 5.69. The number of anilines is 2. The molecule has 0 saturated carbocycles. The third kappa shape index (κ3) is 5.44. The number of nitrogens with zero attached hydrogens (tertiary/aromatic N) is 2. The normalized spacial score (nSPS) is 11.5. The van der Waals surface area contributed by atoms with Gasteiger partial charge in [0.25, 0.3) is 21.3 Å². The highest BCUT2D eigenvalue weighted by atomic mass is 32.2. The van der Waals surface area contributed by atoms with Crippen molar-refractivity contribution in [3.8, 4) is 0 Å². The molecule has 2 rings (SSSR count). The van der Waals surface area contributed by atoms with Gasteiger partial charge in [0.15, 0.2) is 16.7 Å². The fraction of sp³-hybridized carbons (Fsp3) is 0.333. The van der Waals surface area contributed by atoms with Gasteiger partial charge in [-0.1, -0.05) is 31.7 Å². The molecular formula is C15H19N5O5S2. The lowest BCUT2D eigenvalue weighted by molar-refractivity contribution is -0.385. The molecule has 0 atom stereocenters. The van der Waals surface area contributed by atoms with Gasteiger partial charge in [0.05, 0.1) is 9.82 Å². The number of rotatable bonds is 8. The van der Waals surface area contributed by atoms with Crippen LogP contribution in [-0.2, 0) is 10.0 Å².